The number of carbonyl (C=O) groups is 2. The minimum atomic E-state index is -0.346. The number of carbonyl (C=O) groups excluding carboxylic acids is 2. The molecule has 1 aliphatic rings. The molecule has 0 fully saturated rings. The van der Waals surface area contributed by atoms with Crippen molar-refractivity contribution in [1.82, 2.24) is 20.1 Å². The Morgan fingerprint density at radius 2 is 1.97 bits per heavy atom. The van der Waals surface area contributed by atoms with Crippen LogP contribution >= 0.6 is 11.6 Å². The van der Waals surface area contributed by atoms with Gasteiger partial charge in [-0.3, -0.25) is 9.69 Å². The van der Waals surface area contributed by atoms with Crippen LogP contribution in [0.25, 0.3) is 10.9 Å². The molecular formula is C27H33ClN4O3. The van der Waals surface area contributed by atoms with Crippen molar-refractivity contribution in [2.75, 3.05) is 39.8 Å². The van der Waals surface area contributed by atoms with Crippen LogP contribution in [0, 0.1) is 0 Å². The third-order valence-electron chi connectivity index (χ3n) is 6.59. The second kappa shape index (κ2) is 11.1. The van der Waals surface area contributed by atoms with Crippen LogP contribution in [-0.2, 0) is 11.2 Å². The normalized spacial score (nSPS) is 15.2. The van der Waals surface area contributed by atoms with Gasteiger partial charge in [0.2, 0.25) is 0 Å². The van der Waals surface area contributed by atoms with E-state index in [1.165, 1.54) is 0 Å². The summed E-state index contributed by atoms with van der Waals surface area (Å²) in [6.45, 7) is 6.88. The third-order valence-corrected chi connectivity index (χ3v) is 6.82. The highest BCUT2D eigenvalue weighted by atomic mass is 35.5. The fraction of sp³-hybridized carbons (Fsp3) is 0.407. The second-order valence-corrected chi connectivity index (χ2v) is 9.15. The SMILES string of the molecule is CCOC(=O)N1CCc2c([nH]c3ccc(Cl)cc23)C1c1ccc(C(=O)N(CC)CCCNC)cc1. The van der Waals surface area contributed by atoms with Gasteiger partial charge in [0.05, 0.1) is 6.61 Å². The van der Waals surface area contributed by atoms with Crippen molar-refractivity contribution in [2.45, 2.75) is 32.7 Å². The molecule has 7 nitrogen and oxygen atoms in total. The quantitative estimate of drug-likeness (QED) is 0.430. The predicted octanol–water partition coefficient (Wildman–Crippen LogP) is 5.00. The first kappa shape index (κ1) is 25.1. The number of rotatable bonds is 8. The summed E-state index contributed by atoms with van der Waals surface area (Å²) in [5.41, 5.74) is 4.67. The smallest absolute Gasteiger partial charge is 0.410 e. The molecule has 1 aromatic heterocycles. The van der Waals surface area contributed by atoms with E-state index in [0.717, 1.165) is 40.7 Å². The van der Waals surface area contributed by atoms with Crippen LogP contribution in [0.1, 0.15) is 53.5 Å². The second-order valence-electron chi connectivity index (χ2n) is 8.72. The van der Waals surface area contributed by atoms with E-state index in [-0.39, 0.29) is 18.0 Å². The first-order chi connectivity index (χ1) is 17.0. The van der Waals surface area contributed by atoms with E-state index in [1.807, 2.05) is 68.3 Å². The highest BCUT2D eigenvalue weighted by molar-refractivity contribution is 6.31. The summed E-state index contributed by atoms with van der Waals surface area (Å²) in [6, 6.07) is 13.1. The maximum atomic E-state index is 13.1. The highest BCUT2D eigenvalue weighted by Gasteiger charge is 2.35. The molecule has 0 saturated carbocycles. The molecule has 2 aromatic carbocycles. The van der Waals surface area contributed by atoms with E-state index < -0.39 is 0 Å². The molecule has 4 rings (SSSR count). The zero-order chi connectivity index (χ0) is 24.9. The number of nitrogens with one attached hydrogen (secondary N) is 2. The Labute approximate surface area is 211 Å². The number of hydrogen-bond donors (Lipinski definition) is 2. The number of ether oxygens (including phenoxy) is 1. The van der Waals surface area contributed by atoms with Crippen molar-refractivity contribution >= 4 is 34.5 Å². The Morgan fingerprint density at radius 1 is 1.20 bits per heavy atom. The fourth-order valence-electron chi connectivity index (χ4n) is 4.85. The minimum Gasteiger partial charge on any atom is -0.450 e. The van der Waals surface area contributed by atoms with Gasteiger partial charge in [0.1, 0.15) is 6.04 Å². The number of aromatic nitrogens is 1. The topological polar surface area (TPSA) is 77.7 Å². The summed E-state index contributed by atoms with van der Waals surface area (Å²) in [7, 11) is 1.91. The average Bonchev–Trinajstić information content (AvgIpc) is 3.24. The lowest BCUT2D eigenvalue weighted by Gasteiger charge is -2.35. The zero-order valence-electron chi connectivity index (χ0n) is 20.6. The van der Waals surface area contributed by atoms with E-state index in [2.05, 4.69) is 10.3 Å². The molecule has 0 saturated heterocycles. The molecule has 0 aliphatic carbocycles. The van der Waals surface area contributed by atoms with Crippen LogP contribution in [-0.4, -0.2) is 66.6 Å². The summed E-state index contributed by atoms with van der Waals surface area (Å²) in [6.07, 6.45) is 1.26. The summed E-state index contributed by atoms with van der Waals surface area (Å²) >= 11 is 6.28. The lowest BCUT2D eigenvalue weighted by Crippen LogP contribution is -2.41. The molecule has 1 aliphatic heterocycles. The van der Waals surface area contributed by atoms with Crippen LogP contribution in [0.3, 0.4) is 0 Å². The number of aromatic amines is 1. The number of fused-ring (bicyclic) bond motifs is 3. The summed E-state index contributed by atoms with van der Waals surface area (Å²) in [5.74, 6) is 0.0157. The van der Waals surface area contributed by atoms with Gasteiger partial charge in [-0.15, -0.1) is 0 Å². The Morgan fingerprint density at radius 3 is 2.66 bits per heavy atom. The van der Waals surface area contributed by atoms with Gasteiger partial charge in [0, 0.05) is 46.8 Å². The zero-order valence-corrected chi connectivity index (χ0v) is 21.3. The van der Waals surface area contributed by atoms with E-state index in [1.54, 1.807) is 4.90 Å². The lowest BCUT2D eigenvalue weighted by atomic mass is 9.92. The van der Waals surface area contributed by atoms with Gasteiger partial charge in [0.25, 0.3) is 5.91 Å². The third kappa shape index (κ3) is 5.16. The van der Waals surface area contributed by atoms with Gasteiger partial charge in [-0.05, 0) is 81.7 Å². The summed E-state index contributed by atoms with van der Waals surface area (Å²) in [4.78, 5) is 33.1. The summed E-state index contributed by atoms with van der Waals surface area (Å²) in [5, 5.41) is 4.88. The molecule has 35 heavy (non-hydrogen) atoms. The largest absolute Gasteiger partial charge is 0.450 e. The van der Waals surface area contributed by atoms with E-state index >= 15 is 0 Å². The summed E-state index contributed by atoms with van der Waals surface area (Å²) < 4.78 is 5.38. The Hall–Kier alpha value is -3.03. The number of benzene rings is 2. The minimum absolute atomic E-state index is 0.0157. The molecule has 3 aromatic rings. The Kier molecular flexibility index (Phi) is 7.98. The first-order valence-corrected chi connectivity index (χ1v) is 12.6. The predicted molar refractivity (Wildman–Crippen MR) is 139 cm³/mol. The van der Waals surface area contributed by atoms with Crippen molar-refractivity contribution < 1.29 is 14.3 Å². The van der Waals surface area contributed by atoms with E-state index in [4.69, 9.17) is 16.3 Å². The van der Waals surface area contributed by atoms with Gasteiger partial charge >= 0.3 is 6.09 Å². The maximum absolute atomic E-state index is 13.1. The fourth-order valence-corrected chi connectivity index (χ4v) is 5.02. The number of halogens is 1. The van der Waals surface area contributed by atoms with Gasteiger partial charge in [-0.2, -0.15) is 0 Å². The van der Waals surface area contributed by atoms with Crippen LogP contribution < -0.4 is 5.32 Å². The molecule has 8 heteroatoms. The first-order valence-electron chi connectivity index (χ1n) is 12.3. The van der Waals surface area contributed by atoms with Crippen LogP contribution in [0.5, 0.6) is 0 Å². The van der Waals surface area contributed by atoms with E-state index in [9.17, 15) is 9.59 Å². The number of H-pyrrole nitrogens is 1. The van der Waals surface area contributed by atoms with Crippen molar-refractivity contribution in [1.29, 1.82) is 0 Å². The van der Waals surface area contributed by atoms with Gasteiger partial charge in [0.15, 0.2) is 0 Å². The molecule has 2 N–H and O–H groups in total. The molecule has 0 radical (unpaired) electrons. The molecular weight excluding hydrogens is 464 g/mol. The van der Waals surface area contributed by atoms with Crippen molar-refractivity contribution in [3.63, 3.8) is 0 Å². The van der Waals surface area contributed by atoms with Crippen molar-refractivity contribution in [3.05, 3.63) is 69.9 Å². The average molecular weight is 497 g/mol. The standard InChI is InChI=1S/C27H33ClN4O3/c1-4-31(15-6-14-29-3)26(33)19-9-7-18(8-10-19)25-24-21(13-16-32(25)27(34)35-5-2)22-17-20(28)11-12-23(22)30-24/h7-12,17,25,29-30H,4-6,13-16H2,1-3H3. The van der Waals surface area contributed by atoms with Crippen molar-refractivity contribution in [2.24, 2.45) is 0 Å². The molecule has 0 bridgehead atoms. The molecule has 1 atom stereocenters. The lowest BCUT2D eigenvalue weighted by molar-refractivity contribution is 0.0762. The molecule has 2 amide bonds. The number of nitrogens with zero attached hydrogens (tertiary/aromatic N) is 2. The van der Waals surface area contributed by atoms with Crippen molar-refractivity contribution in [3.8, 4) is 0 Å². The molecule has 186 valence electrons. The number of amides is 2. The molecule has 0 spiro atoms. The highest BCUT2D eigenvalue weighted by Crippen LogP contribution is 2.39. The number of hydrogen-bond acceptors (Lipinski definition) is 4. The van der Waals surface area contributed by atoms with Crippen LogP contribution in [0.4, 0.5) is 4.79 Å². The van der Waals surface area contributed by atoms with Crippen LogP contribution in [0.15, 0.2) is 42.5 Å². The van der Waals surface area contributed by atoms with E-state index in [0.29, 0.717) is 43.2 Å². The van der Waals surface area contributed by atoms with Gasteiger partial charge < -0.3 is 19.9 Å². The molecule has 1 unspecified atom stereocenters. The Bertz CT molecular complexity index is 1190. The monoisotopic (exact) mass is 496 g/mol. The van der Waals surface area contributed by atoms with Gasteiger partial charge in [-0.25, -0.2) is 4.79 Å². The maximum Gasteiger partial charge on any atom is 0.410 e. The van der Waals surface area contributed by atoms with Gasteiger partial charge in [-0.1, -0.05) is 23.7 Å². The van der Waals surface area contributed by atoms with Crippen LogP contribution in [0.2, 0.25) is 5.02 Å². The molecule has 2 heterocycles. The Balaban J connectivity index is 1.68.